The average Bonchev–Trinajstić information content (AvgIpc) is 2.71. The average molecular weight is 224 g/mol. The first kappa shape index (κ1) is 12.8. The van der Waals surface area contributed by atoms with Gasteiger partial charge >= 0.3 is 0 Å². The summed E-state index contributed by atoms with van der Waals surface area (Å²) in [5, 5.41) is 11.9. The Labute approximate surface area is 96.3 Å². The molecule has 1 atom stereocenters. The van der Waals surface area contributed by atoms with E-state index in [4.69, 9.17) is 5.11 Å². The fourth-order valence-electron chi connectivity index (χ4n) is 1.59. The highest BCUT2D eigenvalue weighted by Crippen LogP contribution is 2.02. The van der Waals surface area contributed by atoms with Crippen molar-refractivity contribution in [1.29, 1.82) is 0 Å². The topological polar surface area (TPSA) is 54.3 Å². The number of carbonyl (C=O) groups is 1. The Morgan fingerprint density at radius 1 is 1.62 bits per heavy atom. The standard InChI is InChI=1S/C12H20N2O2/c1-3-14-9-5-7-11(14)12(16)13-8-4-6-10(2)15/h5,7,9-10,15H,3-4,6,8H2,1-2H3,(H,13,16). The molecule has 0 aliphatic carbocycles. The van der Waals surface area contributed by atoms with Gasteiger partial charge in [-0.05, 0) is 38.8 Å². The molecule has 1 rings (SSSR count). The minimum atomic E-state index is -0.295. The van der Waals surface area contributed by atoms with E-state index in [1.165, 1.54) is 0 Å². The lowest BCUT2D eigenvalue weighted by Gasteiger charge is -2.08. The number of carbonyl (C=O) groups excluding carboxylic acids is 1. The summed E-state index contributed by atoms with van der Waals surface area (Å²) in [5.74, 6) is -0.0440. The second kappa shape index (κ2) is 6.33. The second-order valence-corrected chi connectivity index (χ2v) is 3.93. The van der Waals surface area contributed by atoms with Gasteiger partial charge in [0.2, 0.25) is 0 Å². The van der Waals surface area contributed by atoms with Gasteiger partial charge in [0.05, 0.1) is 6.10 Å². The van der Waals surface area contributed by atoms with Crippen LogP contribution in [0, 0.1) is 0 Å². The first-order chi connectivity index (χ1) is 7.65. The van der Waals surface area contributed by atoms with Crippen molar-refractivity contribution in [3.63, 3.8) is 0 Å². The zero-order chi connectivity index (χ0) is 12.0. The fourth-order valence-corrected chi connectivity index (χ4v) is 1.59. The van der Waals surface area contributed by atoms with Crippen molar-refractivity contribution in [2.45, 2.75) is 39.3 Å². The van der Waals surface area contributed by atoms with Gasteiger partial charge in [-0.3, -0.25) is 4.79 Å². The molecular formula is C12H20N2O2. The SMILES string of the molecule is CCn1cccc1C(=O)NCCCC(C)O. The molecule has 2 N–H and O–H groups in total. The highest BCUT2D eigenvalue weighted by Gasteiger charge is 2.08. The first-order valence-electron chi connectivity index (χ1n) is 5.76. The monoisotopic (exact) mass is 224 g/mol. The van der Waals surface area contributed by atoms with Crippen LogP contribution in [0.1, 0.15) is 37.2 Å². The van der Waals surface area contributed by atoms with Gasteiger partial charge in [-0.2, -0.15) is 0 Å². The number of rotatable bonds is 6. The predicted octanol–water partition coefficient (Wildman–Crippen LogP) is 1.40. The lowest BCUT2D eigenvalue weighted by atomic mass is 10.2. The molecule has 1 amide bonds. The Morgan fingerprint density at radius 3 is 3.00 bits per heavy atom. The van der Waals surface area contributed by atoms with Crippen LogP contribution in [0.2, 0.25) is 0 Å². The Morgan fingerprint density at radius 2 is 2.38 bits per heavy atom. The Hall–Kier alpha value is -1.29. The Balaban J connectivity index is 2.35. The van der Waals surface area contributed by atoms with Crippen molar-refractivity contribution in [3.8, 4) is 0 Å². The van der Waals surface area contributed by atoms with E-state index in [0.29, 0.717) is 12.2 Å². The van der Waals surface area contributed by atoms with Gasteiger partial charge in [-0.15, -0.1) is 0 Å². The first-order valence-corrected chi connectivity index (χ1v) is 5.76. The number of amides is 1. The summed E-state index contributed by atoms with van der Waals surface area (Å²) in [7, 11) is 0. The summed E-state index contributed by atoms with van der Waals surface area (Å²) in [5.41, 5.74) is 0.694. The van der Waals surface area contributed by atoms with Crippen LogP contribution in [0.3, 0.4) is 0 Å². The van der Waals surface area contributed by atoms with Gasteiger partial charge in [-0.25, -0.2) is 0 Å². The molecule has 0 saturated heterocycles. The zero-order valence-electron chi connectivity index (χ0n) is 9.94. The minimum absolute atomic E-state index is 0.0440. The van der Waals surface area contributed by atoms with Gasteiger partial charge in [0.25, 0.3) is 5.91 Å². The second-order valence-electron chi connectivity index (χ2n) is 3.93. The van der Waals surface area contributed by atoms with Crippen LogP contribution in [0.15, 0.2) is 18.3 Å². The van der Waals surface area contributed by atoms with E-state index in [2.05, 4.69) is 5.32 Å². The molecule has 4 heteroatoms. The van der Waals surface area contributed by atoms with E-state index in [1.807, 2.05) is 29.8 Å². The maximum Gasteiger partial charge on any atom is 0.267 e. The highest BCUT2D eigenvalue weighted by molar-refractivity contribution is 5.92. The van der Waals surface area contributed by atoms with Crippen LogP contribution >= 0.6 is 0 Å². The summed E-state index contributed by atoms with van der Waals surface area (Å²) in [6.45, 7) is 5.16. The van der Waals surface area contributed by atoms with E-state index in [9.17, 15) is 4.79 Å². The molecule has 16 heavy (non-hydrogen) atoms. The molecule has 0 aromatic carbocycles. The minimum Gasteiger partial charge on any atom is -0.393 e. The lowest BCUT2D eigenvalue weighted by Crippen LogP contribution is -2.27. The summed E-state index contributed by atoms with van der Waals surface area (Å²) in [6, 6.07) is 3.68. The molecule has 0 bridgehead atoms. The number of nitrogens with zero attached hydrogens (tertiary/aromatic N) is 1. The molecule has 0 spiro atoms. The van der Waals surface area contributed by atoms with Gasteiger partial charge in [0.15, 0.2) is 0 Å². The molecule has 0 radical (unpaired) electrons. The molecule has 1 aromatic rings. The van der Waals surface area contributed by atoms with E-state index >= 15 is 0 Å². The van der Waals surface area contributed by atoms with E-state index in [1.54, 1.807) is 6.92 Å². The Kier molecular flexibility index (Phi) is 5.05. The third-order valence-electron chi connectivity index (χ3n) is 2.49. The number of aryl methyl sites for hydroxylation is 1. The van der Waals surface area contributed by atoms with Gasteiger partial charge < -0.3 is 15.0 Å². The van der Waals surface area contributed by atoms with Crippen molar-refractivity contribution >= 4 is 5.91 Å². The maximum absolute atomic E-state index is 11.7. The highest BCUT2D eigenvalue weighted by atomic mass is 16.3. The number of hydrogen-bond acceptors (Lipinski definition) is 2. The van der Waals surface area contributed by atoms with Crippen molar-refractivity contribution in [2.75, 3.05) is 6.54 Å². The van der Waals surface area contributed by atoms with Crippen molar-refractivity contribution in [2.24, 2.45) is 0 Å². The quantitative estimate of drug-likeness (QED) is 0.718. The third-order valence-corrected chi connectivity index (χ3v) is 2.49. The predicted molar refractivity (Wildman–Crippen MR) is 63.4 cm³/mol. The summed E-state index contributed by atoms with van der Waals surface area (Å²) >= 11 is 0. The van der Waals surface area contributed by atoms with Gasteiger partial charge in [0, 0.05) is 19.3 Å². The van der Waals surface area contributed by atoms with Crippen LogP contribution in [0.25, 0.3) is 0 Å². The summed E-state index contributed by atoms with van der Waals surface area (Å²) in [4.78, 5) is 11.7. The van der Waals surface area contributed by atoms with Crippen LogP contribution in [0.4, 0.5) is 0 Å². The fraction of sp³-hybridized carbons (Fsp3) is 0.583. The molecule has 0 aliphatic rings. The molecule has 1 aromatic heterocycles. The molecule has 0 fully saturated rings. The van der Waals surface area contributed by atoms with Gasteiger partial charge in [-0.1, -0.05) is 0 Å². The molecule has 0 aliphatic heterocycles. The van der Waals surface area contributed by atoms with Crippen LogP contribution in [-0.4, -0.2) is 28.2 Å². The molecular weight excluding hydrogens is 204 g/mol. The molecule has 0 saturated carbocycles. The summed E-state index contributed by atoms with van der Waals surface area (Å²) in [6.07, 6.45) is 3.12. The van der Waals surface area contributed by atoms with Crippen LogP contribution < -0.4 is 5.32 Å². The lowest BCUT2D eigenvalue weighted by molar-refractivity contribution is 0.0940. The van der Waals surface area contributed by atoms with Crippen molar-refractivity contribution in [1.82, 2.24) is 9.88 Å². The van der Waals surface area contributed by atoms with Crippen LogP contribution in [-0.2, 0) is 6.54 Å². The summed E-state index contributed by atoms with van der Waals surface area (Å²) < 4.78 is 1.91. The number of nitrogens with one attached hydrogen (secondary N) is 1. The molecule has 90 valence electrons. The number of hydrogen-bond donors (Lipinski definition) is 2. The molecule has 1 unspecified atom stereocenters. The number of aromatic nitrogens is 1. The van der Waals surface area contributed by atoms with Crippen molar-refractivity contribution < 1.29 is 9.90 Å². The molecule has 4 nitrogen and oxygen atoms in total. The van der Waals surface area contributed by atoms with Gasteiger partial charge in [0.1, 0.15) is 5.69 Å². The Bertz CT molecular complexity index is 332. The third kappa shape index (κ3) is 3.70. The largest absolute Gasteiger partial charge is 0.393 e. The zero-order valence-corrected chi connectivity index (χ0v) is 9.94. The van der Waals surface area contributed by atoms with E-state index in [-0.39, 0.29) is 12.0 Å². The normalized spacial score (nSPS) is 12.4. The number of aliphatic hydroxyl groups is 1. The smallest absolute Gasteiger partial charge is 0.267 e. The van der Waals surface area contributed by atoms with E-state index in [0.717, 1.165) is 19.4 Å². The van der Waals surface area contributed by atoms with E-state index < -0.39 is 0 Å². The molecule has 1 heterocycles. The number of aliphatic hydroxyl groups excluding tert-OH is 1. The van der Waals surface area contributed by atoms with Crippen molar-refractivity contribution in [3.05, 3.63) is 24.0 Å². The maximum atomic E-state index is 11.7. The van der Waals surface area contributed by atoms with Crippen LogP contribution in [0.5, 0.6) is 0 Å².